The van der Waals surface area contributed by atoms with Crippen LogP contribution >= 0.6 is 0 Å². The van der Waals surface area contributed by atoms with E-state index in [0.29, 0.717) is 17.9 Å². The molecule has 3 rings (SSSR count). The molecule has 2 aromatic rings. The van der Waals surface area contributed by atoms with E-state index in [-0.39, 0.29) is 31.3 Å². The van der Waals surface area contributed by atoms with E-state index in [1.807, 2.05) is 13.8 Å². The summed E-state index contributed by atoms with van der Waals surface area (Å²) >= 11 is 0. The molecule has 0 saturated carbocycles. The number of anilines is 1. The normalized spacial score (nSPS) is 14.1. The number of ether oxygens (including phenoxy) is 1. The maximum atomic E-state index is 13.3. The van der Waals surface area contributed by atoms with E-state index in [9.17, 15) is 18.0 Å². The lowest BCUT2D eigenvalue weighted by Crippen LogP contribution is -2.36. The smallest absolute Gasteiger partial charge is 0.322 e. The van der Waals surface area contributed by atoms with Crippen molar-refractivity contribution in [2.45, 2.75) is 33.4 Å². The first-order valence-electron chi connectivity index (χ1n) is 8.66. The third-order valence-corrected chi connectivity index (χ3v) is 4.09. The highest BCUT2D eigenvalue weighted by molar-refractivity contribution is 5.90. The van der Waals surface area contributed by atoms with Gasteiger partial charge in [0.25, 0.3) is 6.43 Å². The molecule has 1 N–H and O–H groups in total. The van der Waals surface area contributed by atoms with Gasteiger partial charge in [0.05, 0.1) is 18.8 Å². The first kappa shape index (κ1) is 19.1. The molecule has 0 unspecified atom stereocenters. The molecule has 0 bridgehead atoms. The molecule has 27 heavy (non-hydrogen) atoms. The Morgan fingerprint density at radius 1 is 1.37 bits per heavy atom. The maximum absolute atomic E-state index is 13.3. The lowest BCUT2D eigenvalue weighted by atomic mass is 10.2. The fourth-order valence-corrected chi connectivity index (χ4v) is 2.87. The van der Waals surface area contributed by atoms with Crippen LogP contribution in [0.3, 0.4) is 0 Å². The Labute approximate surface area is 154 Å². The molecule has 1 aliphatic heterocycles. The minimum absolute atomic E-state index is 0.0138. The minimum atomic E-state index is -2.80. The number of nitrogens with zero attached hydrogens (tertiary/aromatic N) is 3. The van der Waals surface area contributed by atoms with Gasteiger partial charge in [-0.3, -0.25) is 4.68 Å². The number of carbonyl (C=O) groups is 1. The molecule has 0 spiro atoms. The lowest BCUT2D eigenvalue weighted by Gasteiger charge is -2.20. The van der Waals surface area contributed by atoms with E-state index >= 15 is 0 Å². The van der Waals surface area contributed by atoms with Gasteiger partial charge in [0.2, 0.25) is 0 Å². The topological polar surface area (TPSA) is 59.4 Å². The quantitative estimate of drug-likeness (QED) is 0.868. The number of urea groups is 1. The summed E-state index contributed by atoms with van der Waals surface area (Å²) in [5.74, 6) is 0.174. The number of amides is 2. The fraction of sp³-hybridized carbons (Fsp3) is 0.444. The molecule has 0 radical (unpaired) electrons. The van der Waals surface area contributed by atoms with Crippen LogP contribution < -0.4 is 10.1 Å². The van der Waals surface area contributed by atoms with Crippen LogP contribution in [-0.4, -0.2) is 33.9 Å². The number of hydrogen-bond donors (Lipinski definition) is 1. The Balaban J connectivity index is 1.76. The van der Waals surface area contributed by atoms with E-state index in [1.165, 1.54) is 27.9 Å². The first-order valence-corrected chi connectivity index (χ1v) is 8.66. The van der Waals surface area contributed by atoms with Crippen molar-refractivity contribution in [3.05, 3.63) is 41.5 Å². The monoisotopic (exact) mass is 382 g/mol. The number of hydrogen-bond acceptors (Lipinski definition) is 3. The van der Waals surface area contributed by atoms with Crippen molar-refractivity contribution in [1.29, 1.82) is 0 Å². The Kier molecular flexibility index (Phi) is 5.57. The van der Waals surface area contributed by atoms with Gasteiger partial charge in [-0.25, -0.2) is 18.0 Å². The van der Waals surface area contributed by atoms with Crippen molar-refractivity contribution in [3.8, 4) is 5.75 Å². The lowest BCUT2D eigenvalue weighted by molar-refractivity contribution is 0.145. The van der Waals surface area contributed by atoms with Gasteiger partial charge in [-0.1, -0.05) is 19.9 Å². The molecule has 0 saturated heterocycles. The highest BCUT2D eigenvalue weighted by Gasteiger charge is 2.24. The average Bonchev–Trinajstić information content (AvgIpc) is 2.84. The van der Waals surface area contributed by atoms with Gasteiger partial charge < -0.3 is 15.0 Å². The molecule has 6 nitrogen and oxygen atoms in total. The predicted octanol–water partition coefficient (Wildman–Crippen LogP) is 4.04. The summed E-state index contributed by atoms with van der Waals surface area (Å²) in [6.07, 6.45) is -1.39. The molecule has 2 heterocycles. The van der Waals surface area contributed by atoms with E-state index in [1.54, 1.807) is 6.07 Å². The minimum Gasteiger partial charge on any atom is -0.491 e. The number of carbonyl (C=O) groups excluding carboxylic acids is 1. The molecular weight excluding hydrogens is 361 g/mol. The second-order valence-corrected chi connectivity index (χ2v) is 6.80. The molecular formula is C18H21F3N4O2. The Morgan fingerprint density at radius 2 is 2.15 bits per heavy atom. The van der Waals surface area contributed by atoms with Gasteiger partial charge in [0, 0.05) is 24.4 Å². The van der Waals surface area contributed by atoms with Crippen LogP contribution in [0.1, 0.15) is 31.5 Å². The standard InChI is InChI=1S/C18H21F3N4O2/c1-11(2)8-25-10-14(16(23-25)17(20)21)22-18(26)24-5-6-27-15-7-13(19)4-3-12(15)9-24/h3-4,7,10-11,17H,5-6,8-9H2,1-2H3,(H,22,26). The highest BCUT2D eigenvalue weighted by atomic mass is 19.3. The van der Waals surface area contributed by atoms with Gasteiger partial charge in [0.15, 0.2) is 5.69 Å². The SMILES string of the molecule is CC(C)Cn1cc(NC(=O)N2CCOc3cc(F)ccc3C2)c(C(F)F)n1. The summed E-state index contributed by atoms with van der Waals surface area (Å²) in [6, 6.07) is 3.55. The number of benzene rings is 1. The summed E-state index contributed by atoms with van der Waals surface area (Å²) in [6.45, 7) is 4.96. The first-order chi connectivity index (χ1) is 12.8. The predicted molar refractivity (Wildman–Crippen MR) is 93.3 cm³/mol. The largest absolute Gasteiger partial charge is 0.491 e. The molecule has 1 aromatic heterocycles. The van der Waals surface area contributed by atoms with Crippen molar-refractivity contribution in [3.63, 3.8) is 0 Å². The number of nitrogens with one attached hydrogen (secondary N) is 1. The van der Waals surface area contributed by atoms with Gasteiger partial charge in [0.1, 0.15) is 18.2 Å². The van der Waals surface area contributed by atoms with Crippen molar-refractivity contribution in [2.24, 2.45) is 5.92 Å². The molecule has 0 fully saturated rings. The van der Waals surface area contributed by atoms with Crippen molar-refractivity contribution in [1.82, 2.24) is 14.7 Å². The van der Waals surface area contributed by atoms with Gasteiger partial charge in [-0.15, -0.1) is 0 Å². The second-order valence-electron chi connectivity index (χ2n) is 6.80. The summed E-state index contributed by atoms with van der Waals surface area (Å²) in [4.78, 5) is 14.0. The molecule has 1 aliphatic rings. The molecule has 0 atom stereocenters. The van der Waals surface area contributed by atoms with Crippen LogP contribution in [0.15, 0.2) is 24.4 Å². The molecule has 9 heteroatoms. The van der Waals surface area contributed by atoms with Crippen LogP contribution in [0.2, 0.25) is 0 Å². The third-order valence-electron chi connectivity index (χ3n) is 4.09. The van der Waals surface area contributed by atoms with Crippen LogP contribution in [0, 0.1) is 11.7 Å². The van der Waals surface area contributed by atoms with Gasteiger partial charge >= 0.3 is 6.03 Å². The third kappa shape index (κ3) is 4.53. The molecule has 1 aromatic carbocycles. The Bertz CT molecular complexity index is 823. The summed E-state index contributed by atoms with van der Waals surface area (Å²) in [5.41, 5.74) is 0.173. The molecule has 2 amide bonds. The average molecular weight is 382 g/mol. The van der Waals surface area contributed by atoms with Crippen LogP contribution in [-0.2, 0) is 13.1 Å². The number of halogens is 3. The number of fused-ring (bicyclic) bond motifs is 1. The van der Waals surface area contributed by atoms with Crippen LogP contribution in [0.5, 0.6) is 5.75 Å². The van der Waals surface area contributed by atoms with E-state index in [4.69, 9.17) is 4.74 Å². The van der Waals surface area contributed by atoms with Crippen LogP contribution in [0.25, 0.3) is 0 Å². The summed E-state index contributed by atoms with van der Waals surface area (Å²) in [5, 5.41) is 6.40. The summed E-state index contributed by atoms with van der Waals surface area (Å²) in [7, 11) is 0. The number of rotatable bonds is 4. The van der Waals surface area contributed by atoms with E-state index < -0.39 is 24.0 Å². The van der Waals surface area contributed by atoms with Crippen molar-refractivity contribution < 1.29 is 22.7 Å². The highest BCUT2D eigenvalue weighted by Crippen LogP contribution is 2.28. The van der Waals surface area contributed by atoms with Gasteiger partial charge in [-0.2, -0.15) is 5.10 Å². The fourth-order valence-electron chi connectivity index (χ4n) is 2.87. The Hall–Kier alpha value is -2.71. The van der Waals surface area contributed by atoms with E-state index in [2.05, 4.69) is 10.4 Å². The molecule has 0 aliphatic carbocycles. The Morgan fingerprint density at radius 3 is 2.85 bits per heavy atom. The van der Waals surface area contributed by atoms with Gasteiger partial charge in [-0.05, 0) is 12.0 Å². The zero-order chi connectivity index (χ0) is 19.6. The number of aromatic nitrogens is 2. The maximum Gasteiger partial charge on any atom is 0.322 e. The van der Waals surface area contributed by atoms with Crippen molar-refractivity contribution >= 4 is 11.7 Å². The molecule has 146 valence electrons. The van der Waals surface area contributed by atoms with E-state index in [0.717, 1.165) is 0 Å². The van der Waals surface area contributed by atoms with Crippen LogP contribution in [0.4, 0.5) is 23.7 Å². The zero-order valence-electron chi connectivity index (χ0n) is 15.1. The zero-order valence-corrected chi connectivity index (χ0v) is 15.1. The number of alkyl halides is 2. The summed E-state index contributed by atoms with van der Waals surface area (Å²) < 4.78 is 46.8. The van der Waals surface area contributed by atoms with Crippen molar-refractivity contribution in [2.75, 3.05) is 18.5 Å². The second kappa shape index (κ2) is 7.89.